The van der Waals surface area contributed by atoms with Crippen LogP contribution in [-0.4, -0.2) is 110 Å². The Balaban J connectivity index is 1.20. The molecule has 0 bridgehead atoms. The van der Waals surface area contributed by atoms with E-state index in [1.54, 1.807) is 19.4 Å². The van der Waals surface area contributed by atoms with Crippen LogP contribution in [0.2, 0.25) is 5.02 Å². The zero-order chi connectivity index (χ0) is 23.9. The van der Waals surface area contributed by atoms with Crippen molar-refractivity contribution in [2.45, 2.75) is 6.42 Å². The number of benzene rings is 1. The minimum Gasteiger partial charge on any atom is -0.495 e. The van der Waals surface area contributed by atoms with Crippen molar-refractivity contribution in [3.05, 3.63) is 41.2 Å². The van der Waals surface area contributed by atoms with Gasteiger partial charge < -0.3 is 24.8 Å². The van der Waals surface area contributed by atoms with E-state index in [1.807, 2.05) is 23.1 Å². The van der Waals surface area contributed by atoms with Crippen molar-refractivity contribution in [2.75, 3.05) is 89.8 Å². The van der Waals surface area contributed by atoms with E-state index in [4.69, 9.17) is 16.3 Å². The SMILES string of the molecule is COc1ccc(Cl)cc1N1CCN(CCCNc2nccc(C(=O)N3CCN(C)CC3)n2)CC1. The van der Waals surface area contributed by atoms with Gasteiger partial charge in [0.1, 0.15) is 11.4 Å². The number of rotatable bonds is 8. The van der Waals surface area contributed by atoms with Gasteiger partial charge in [-0.05, 0) is 44.3 Å². The van der Waals surface area contributed by atoms with Gasteiger partial charge in [-0.1, -0.05) is 11.6 Å². The Morgan fingerprint density at radius 1 is 1.09 bits per heavy atom. The fourth-order valence-corrected chi connectivity index (χ4v) is 4.53. The minimum atomic E-state index is -0.0206. The number of nitrogens with zero attached hydrogens (tertiary/aromatic N) is 6. The molecule has 0 saturated carbocycles. The highest BCUT2D eigenvalue weighted by Gasteiger charge is 2.22. The van der Waals surface area contributed by atoms with Crippen LogP contribution in [0, 0.1) is 0 Å². The molecule has 1 N–H and O–H groups in total. The van der Waals surface area contributed by atoms with Gasteiger partial charge in [-0.25, -0.2) is 9.97 Å². The molecule has 2 aromatic rings. The normalized spacial score (nSPS) is 17.6. The van der Waals surface area contributed by atoms with Crippen LogP contribution in [0.1, 0.15) is 16.9 Å². The third-order valence-electron chi connectivity index (χ3n) is 6.45. The average Bonchev–Trinajstić information content (AvgIpc) is 2.87. The van der Waals surface area contributed by atoms with E-state index < -0.39 is 0 Å². The first-order valence-electron chi connectivity index (χ1n) is 11.9. The Hall–Kier alpha value is -2.62. The highest BCUT2D eigenvalue weighted by molar-refractivity contribution is 6.30. The molecule has 10 heteroatoms. The lowest BCUT2D eigenvalue weighted by molar-refractivity contribution is 0.0658. The molecule has 2 aliphatic heterocycles. The van der Waals surface area contributed by atoms with Crippen LogP contribution in [0.5, 0.6) is 5.75 Å². The lowest BCUT2D eigenvalue weighted by atomic mass is 10.2. The second-order valence-electron chi connectivity index (χ2n) is 8.79. The molecule has 9 nitrogen and oxygen atoms in total. The fourth-order valence-electron chi connectivity index (χ4n) is 4.36. The molecule has 0 atom stereocenters. The summed E-state index contributed by atoms with van der Waals surface area (Å²) in [4.78, 5) is 30.4. The van der Waals surface area contributed by atoms with E-state index in [-0.39, 0.29) is 5.91 Å². The number of amides is 1. The topological polar surface area (TPSA) is 77.1 Å². The summed E-state index contributed by atoms with van der Waals surface area (Å²) in [6.45, 7) is 8.85. The molecule has 1 amide bonds. The van der Waals surface area contributed by atoms with Crippen molar-refractivity contribution in [1.82, 2.24) is 24.7 Å². The van der Waals surface area contributed by atoms with Crippen LogP contribution in [-0.2, 0) is 0 Å². The van der Waals surface area contributed by atoms with E-state index in [0.717, 1.165) is 88.3 Å². The van der Waals surface area contributed by atoms with Gasteiger partial charge in [0.05, 0.1) is 12.8 Å². The number of methoxy groups -OCH3 is 1. The number of carbonyl (C=O) groups is 1. The largest absolute Gasteiger partial charge is 0.495 e. The van der Waals surface area contributed by atoms with Crippen LogP contribution < -0.4 is 15.0 Å². The Morgan fingerprint density at radius 2 is 1.85 bits per heavy atom. The molecule has 2 fully saturated rings. The monoisotopic (exact) mass is 487 g/mol. The van der Waals surface area contributed by atoms with E-state index in [1.165, 1.54) is 0 Å². The van der Waals surface area contributed by atoms with Gasteiger partial charge in [0, 0.05) is 70.1 Å². The maximum Gasteiger partial charge on any atom is 0.272 e. The number of hydrogen-bond acceptors (Lipinski definition) is 8. The Labute approximate surface area is 206 Å². The highest BCUT2D eigenvalue weighted by Crippen LogP contribution is 2.31. The van der Waals surface area contributed by atoms with Crippen LogP contribution >= 0.6 is 11.6 Å². The van der Waals surface area contributed by atoms with Gasteiger partial charge in [0.15, 0.2) is 0 Å². The summed E-state index contributed by atoms with van der Waals surface area (Å²) in [6.07, 6.45) is 2.63. The number of hydrogen-bond donors (Lipinski definition) is 1. The molecule has 1 aromatic carbocycles. The number of aromatic nitrogens is 2. The van der Waals surface area contributed by atoms with Crippen LogP contribution in [0.3, 0.4) is 0 Å². The standard InChI is InChI=1S/C24H34ClN7O2/c1-29-10-14-32(15-11-29)23(33)20-6-8-27-24(28-20)26-7-3-9-30-12-16-31(17-13-30)21-18-19(25)4-5-22(21)34-2/h4-6,8,18H,3,7,9-17H2,1-2H3,(H,26,27,28). The quantitative estimate of drug-likeness (QED) is 0.568. The van der Waals surface area contributed by atoms with Crippen molar-refractivity contribution in [3.8, 4) is 5.75 Å². The van der Waals surface area contributed by atoms with Gasteiger partial charge in [0.25, 0.3) is 5.91 Å². The summed E-state index contributed by atoms with van der Waals surface area (Å²) < 4.78 is 5.50. The van der Waals surface area contributed by atoms with Gasteiger partial charge in [0.2, 0.25) is 5.95 Å². The molecular weight excluding hydrogens is 454 g/mol. The number of nitrogens with one attached hydrogen (secondary N) is 1. The fraction of sp³-hybridized carbons (Fsp3) is 0.542. The molecular formula is C24H34ClN7O2. The smallest absolute Gasteiger partial charge is 0.272 e. The minimum absolute atomic E-state index is 0.0206. The van der Waals surface area contributed by atoms with E-state index in [2.05, 4.69) is 37.0 Å². The Bertz CT molecular complexity index is 960. The van der Waals surface area contributed by atoms with Crippen molar-refractivity contribution in [3.63, 3.8) is 0 Å². The molecule has 34 heavy (non-hydrogen) atoms. The van der Waals surface area contributed by atoms with Gasteiger partial charge >= 0.3 is 0 Å². The second kappa shape index (κ2) is 11.7. The number of piperazine rings is 2. The molecule has 0 spiro atoms. The number of anilines is 2. The Kier molecular flexibility index (Phi) is 8.42. The van der Waals surface area contributed by atoms with Crippen LogP contribution in [0.15, 0.2) is 30.5 Å². The summed E-state index contributed by atoms with van der Waals surface area (Å²) in [6, 6.07) is 7.45. The van der Waals surface area contributed by atoms with Crippen molar-refractivity contribution in [2.24, 2.45) is 0 Å². The van der Waals surface area contributed by atoms with Gasteiger partial charge in [-0.15, -0.1) is 0 Å². The molecule has 2 aliphatic rings. The number of carbonyl (C=O) groups excluding carboxylic acids is 1. The number of ether oxygens (including phenoxy) is 1. The molecule has 1 aromatic heterocycles. The molecule has 4 rings (SSSR count). The highest BCUT2D eigenvalue weighted by atomic mass is 35.5. The van der Waals surface area contributed by atoms with E-state index >= 15 is 0 Å². The number of likely N-dealkylation sites (N-methyl/N-ethyl adjacent to an activating group) is 1. The molecule has 184 valence electrons. The van der Waals surface area contributed by atoms with Crippen LogP contribution in [0.25, 0.3) is 0 Å². The van der Waals surface area contributed by atoms with E-state index in [0.29, 0.717) is 11.6 Å². The van der Waals surface area contributed by atoms with Gasteiger partial charge in [-0.2, -0.15) is 0 Å². The lowest BCUT2D eigenvalue weighted by Crippen LogP contribution is -2.47. The lowest BCUT2D eigenvalue weighted by Gasteiger charge is -2.36. The third kappa shape index (κ3) is 6.28. The first-order valence-corrected chi connectivity index (χ1v) is 12.3. The summed E-state index contributed by atoms with van der Waals surface area (Å²) in [5.41, 5.74) is 1.51. The first kappa shape index (κ1) is 24.5. The second-order valence-corrected chi connectivity index (χ2v) is 9.22. The average molecular weight is 488 g/mol. The summed E-state index contributed by atoms with van der Waals surface area (Å²) in [5, 5.41) is 4.00. The molecule has 0 radical (unpaired) electrons. The van der Waals surface area contributed by atoms with Crippen molar-refractivity contribution < 1.29 is 9.53 Å². The van der Waals surface area contributed by atoms with Crippen LogP contribution in [0.4, 0.5) is 11.6 Å². The molecule has 3 heterocycles. The zero-order valence-electron chi connectivity index (χ0n) is 20.0. The predicted octanol–water partition coefficient (Wildman–Crippen LogP) is 2.15. The Morgan fingerprint density at radius 3 is 2.59 bits per heavy atom. The summed E-state index contributed by atoms with van der Waals surface area (Å²) in [7, 11) is 3.77. The maximum absolute atomic E-state index is 12.7. The molecule has 0 unspecified atom stereocenters. The van der Waals surface area contributed by atoms with Gasteiger partial charge in [-0.3, -0.25) is 9.69 Å². The number of halogens is 1. The summed E-state index contributed by atoms with van der Waals surface area (Å²) in [5.74, 6) is 1.35. The predicted molar refractivity (Wildman–Crippen MR) is 135 cm³/mol. The first-order chi connectivity index (χ1) is 16.5. The van der Waals surface area contributed by atoms with Crippen molar-refractivity contribution >= 4 is 29.1 Å². The summed E-state index contributed by atoms with van der Waals surface area (Å²) >= 11 is 6.20. The molecule has 2 saturated heterocycles. The van der Waals surface area contributed by atoms with Crippen molar-refractivity contribution in [1.29, 1.82) is 0 Å². The maximum atomic E-state index is 12.7. The zero-order valence-corrected chi connectivity index (χ0v) is 20.8. The third-order valence-corrected chi connectivity index (χ3v) is 6.69. The van der Waals surface area contributed by atoms with E-state index in [9.17, 15) is 4.79 Å². The molecule has 0 aliphatic carbocycles.